The van der Waals surface area contributed by atoms with Crippen molar-refractivity contribution in [2.45, 2.75) is 6.61 Å². The number of rotatable bonds is 3. The lowest BCUT2D eigenvalue weighted by molar-refractivity contribution is 0.0471. The Morgan fingerprint density at radius 1 is 1.06 bits per heavy atom. The van der Waals surface area contributed by atoms with Crippen LogP contribution in [0.25, 0.3) is 0 Å². The van der Waals surface area contributed by atoms with E-state index in [0.717, 1.165) is 14.5 Å². The second-order valence-electron chi connectivity index (χ2n) is 3.69. The van der Waals surface area contributed by atoms with Crippen LogP contribution in [0.15, 0.2) is 57.5 Å². The zero-order valence-electron chi connectivity index (χ0n) is 9.40. The molecule has 0 spiro atoms. The summed E-state index contributed by atoms with van der Waals surface area (Å²) >= 11 is 6.70. The highest BCUT2D eigenvalue weighted by atomic mass is 79.9. The topological polar surface area (TPSA) is 26.3 Å². The zero-order valence-corrected chi connectivity index (χ0v) is 12.6. The Bertz CT molecular complexity index is 567. The first kappa shape index (κ1) is 13.3. The van der Waals surface area contributed by atoms with E-state index in [0.29, 0.717) is 5.56 Å². The molecule has 2 nitrogen and oxygen atoms in total. The molecule has 2 aromatic carbocycles. The number of carbonyl (C=O) groups excluding carboxylic acids is 1. The van der Waals surface area contributed by atoms with Gasteiger partial charge in [0.2, 0.25) is 0 Å². The number of carbonyl (C=O) groups is 1. The van der Waals surface area contributed by atoms with Gasteiger partial charge in [-0.2, -0.15) is 0 Å². The molecule has 0 aromatic heterocycles. The first-order valence-corrected chi connectivity index (χ1v) is 6.91. The van der Waals surface area contributed by atoms with Crippen molar-refractivity contribution < 1.29 is 9.53 Å². The van der Waals surface area contributed by atoms with Crippen LogP contribution < -0.4 is 0 Å². The minimum atomic E-state index is -0.331. The number of hydrogen-bond acceptors (Lipinski definition) is 2. The van der Waals surface area contributed by atoms with Crippen LogP contribution in [0.3, 0.4) is 0 Å². The van der Waals surface area contributed by atoms with Crippen LogP contribution in [-0.2, 0) is 11.3 Å². The summed E-state index contributed by atoms with van der Waals surface area (Å²) in [6.07, 6.45) is 0. The molecule has 0 aliphatic heterocycles. The molecule has 0 heterocycles. The fraction of sp³-hybridized carbons (Fsp3) is 0.0714. The van der Waals surface area contributed by atoms with Crippen molar-refractivity contribution in [3.05, 3.63) is 68.6 Å². The molecule has 0 radical (unpaired) electrons. The van der Waals surface area contributed by atoms with Gasteiger partial charge in [0.25, 0.3) is 0 Å². The van der Waals surface area contributed by atoms with Crippen molar-refractivity contribution in [2.75, 3.05) is 0 Å². The molecule has 18 heavy (non-hydrogen) atoms. The lowest BCUT2D eigenvalue weighted by atomic mass is 10.2. The normalized spacial score (nSPS) is 10.1. The summed E-state index contributed by atoms with van der Waals surface area (Å²) in [5, 5.41) is 0. The SMILES string of the molecule is O=C(OCc1cccc(Br)c1)c1ccccc1Br. The fourth-order valence-corrected chi connectivity index (χ4v) is 2.37. The van der Waals surface area contributed by atoms with Gasteiger partial charge in [0, 0.05) is 8.95 Å². The molecule has 0 fully saturated rings. The van der Waals surface area contributed by atoms with E-state index in [1.165, 1.54) is 0 Å². The predicted octanol–water partition coefficient (Wildman–Crippen LogP) is 4.57. The van der Waals surface area contributed by atoms with Gasteiger partial charge in [0.15, 0.2) is 0 Å². The lowest BCUT2D eigenvalue weighted by Crippen LogP contribution is -2.05. The molecule has 0 bridgehead atoms. The summed E-state index contributed by atoms with van der Waals surface area (Å²) in [6.45, 7) is 0.263. The van der Waals surface area contributed by atoms with Crippen LogP contribution in [0, 0.1) is 0 Å². The molecule has 2 rings (SSSR count). The molecule has 0 unspecified atom stereocenters. The molecule has 2 aromatic rings. The highest BCUT2D eigenvalue weighted by molar-refractivity contribution is 9.10. The molecule has 4 heteroatoms. The Hall–Kier alpha value is -1.13. The maximum absolute atomic E-state index is 11.9. The molecule has 0 aliphatic rings. The van der Waals surface area contributed by atoms with Gasteiger partial charge in [-0.25, -0.2) is 4.79 Å². The van der Waals surface area contributed by atoms with Crippen LogP contribution in [0.4, 0.5) is 0 Å². The second-order valence-corrected chi connectivity index (χ2v) is 5.46. The van der Waals surface area contributed by atoms with E-state index in [1.807, 2.05) is 36.4 Å². The summed E-state index contributed by atoms with van der Waals surface area (Å²) in [6, 6.07) is 14.9. The molecule has 92 valence electrons. The molecule has 0 saturated carbocycles. The zero-order chi connectivity index (χ0) is 13.0. The van der Waals surface area contributed by atoms with E-state index < -0.39 is 0 Å². The largest absolute Gasteiger partial charge is 0.457 e. The average molecular weight is 370 g/mol. The van der Waals surface area contributed by atoms with Gasteiger partial charge in [0.05, 0.1) is 5.56 Å². The second kappa shape index (κ2) is 6.16. The molecule has 0 aliphatic carbocycles. The number of benzene rings is 2. The highest BCUT2D eigenvalue weighted by Crippen LogP contribution is 2.18. The Morgan fingerprint density at radius 2 is 1.83 bits per heavy atom. The molecule has 0 N–H and O–H groups in total. The molecule has 0 amide bonds. The van der Waals surface area contributed by atoms with Crippen LogP contribution >= 0.6 is 31.9 Å². The number of ether oxygens (including phenoxy) is 1. The van der Waals surface area contributed by atoms with Gasteiger partial charge in [-0.3, -0.25) is 0 Å². The molecule has 0 atom stereocenters. The van der Waals surface area contributed by atoms with Gasteiger partial charge >= 0.3 is 5.97 Å². The Kier molecular flexibility index (Phi) is 4.55. The number of esters is 1. The number of halogens is 2. The van der Waals surface area contributed by atoms with Gasteiger partial charge in [-0.15, -0.1) is 0 Å². The summed E-state index contributed by atoms with van der Waals surface area (Å²) in [4.78, 5) is 11.9. The Labute approximate surface area is 122 Å². The summed E-state index contributed by atoms with van der Waals surface area (Å²) in [7, 11) is 0. The van der Waals surface area contributed by atoms with Crippen molar-refractivity contribution in [2.24, 2.45) is 0 Å². The third-order valence-corrected chi connectivity index (χ3v) is 3.54. The highest BCUT2D eigenvalue weighted by Gasteiger charge is 2.10. The average Bonchev–Trinajstić information content (AvgIpc) is 2.37. The first-order chi connectivity index (χ1) is 8.66. The minimum Gasteiger partial charge on any atom is -0.457 e. The van der Waals surface area contributed by atoms with Crippen molar-refractivity contribution in [3.8, 4) is 0 Å². The van der Waals surface area contributed by atoms with Crippen molar-refractivity contribution >= 4 is 37.8 Å². The van der Waals surface area contributed by atoms with E-state index in [-0.39, 0.29) is 12.6 Å². The lowest BCUT2D eigenvalue weighted by Gasteiger charge is -2.06. The number of hydrogen-bond donors (Lipinski definition) is 0. The monoisotopic (exact) mass is 368 g/mol. The predicted molar refractivity (Wildman–Crippen MR) is 77.4 cm³/mol. The van der Waals surface area contributed by atoms with E-state index in [4.69, 9.17) is 4.74 Å². The Morgan fingerprint density at radius 3 is 2.56 bits per heavy atom. The third-order valence-electron chi connectivity index (χ3n) is 2.35. The third kappa shape index (κ3) is 3.43. The van der Waals surface area contributed by atoms with Crippen LogP contribution in [-0.4, -0.2) is 5.97 Å². The minimum absolute atomic E-state index is 0.263. The van der Waals surface area contributed by atoms with E-state index >= 15 is 0 Å². The van der Waals surface area contributed by atoms with Crippen molar-refractivity contribution in [3.63, 3.8) is 0 Å². The first-order valence-electron chi connectivity index (χ1n) is 5.33. The Balaban J connectivity index is 2.03. The van der Waals surface area contributed by atoms with E-state index in [9.17, 15) is 4.79 Å². The molecular formula is C14H10Br2O2. The van der Waals surface area contributed by atoms with E-state index in [2.05, 4.69) is 31.9 Å². The van der Waals surface area contributed by atoms with Crippen molar-refractivity contribution in [1.82, 2.24) is 0 Å². The maximum atomic E-state index is 11.9. The fourth-order valence-electron chi connectivity index (χ4n) is 1.48. The van der Waals surface area contributed by atoms with Crippen LogP contribution in [0.5, 0.6) is 0 Å². The van der Waals surface area contributed by atoms with Gasteiger partial charge in [0.1, 0.15) is 6.61 Å². The summed E-state index contributed by atoms with van der Waals surface area (Å²) < 4.78 is 6.97. The molecular weight excluding hydrogens is 360 g/mol. The van der Waals surface area contributed by atoms with Gasteiger partial charge in [-0.05, 0) is 45.8 Å². The van der Waals surface area contributed by atoms with Crippen molar-refractivity contribution in [1.29, 1.82) is 0 Å². The van der Waals surface area contributed by atoms with Crippen LogP contribution in [0.2, 0.25) is 0 Å². The summed E-state index contributed by atoms with van der Waals surface area (Å²) in [5.74, 6) is -0.331. The van der Waals surface area contributed by atoms with E-state index in [1.54, 1.807) is 12.1 Å². The quantitative estimate of drug-likeness (QED) is 0.741. The molecule has 0 saturated heterocycles. The standard InChI is InChI=1S/C14H10Br2O2/c15-11-5-3-4-10(8-11)9-18-14(17)12-6-1-2-7-13(12)16/h1-8H,9H2. The summed E-state index contributed by atoms with van der Waals surface area (Å²) in [5.41, 5.74) is 1.48. The van der Waals surface area contributed by atoms with Gasteiger partial charge < -0.3 is 4.74 Å². The maximum Gasteiger partial charge on any atom is 0.339 e. The smallest absolute Gasteiger partial charge is 0.339 e. The van der Waals surface area contributed by atoms with Gasteiger partial charge in [-0.1, -0.05) is 40.2 Å². The van der Waals surface area contributed by atoms with Crippen LogP contribution in [0.1, 0.15) is 15.9 Å².